The maximum absolute atomic E-state index is 12.4. The van der Waals surface area contributed by atoms with Gasteiger partial charge in [-0.1, -0.05) is 11.8 Å². The maximum atomic E-state index is 12.4. The minimum atomic E-state index is -0.979. The maximum Gasteiger partial charge on any atom is 0.412 e. The van der Waals surface area contributed by atoms with Crippen molar-refractivity contribution in [3.05, 3.63) is 12.0 Å². The largest absolute Gasteiger partial charge is 0.431 e. The minimum absolute atomic E-state index is 0.0717. The molecule has 12 heteroatoms. The molecule has 0 aliphatic carbocycles. The van der Waals surface area contributed by atoms with Gasteiger partial charge >= 0.3 is 12.1 Å². The SMILES string of the molecule is CC(=O)OC(C)OC(=O)N1CC[C@@H](NC(=O)c2coc(N3CC(SC(C)=O)C3)n2)C1. The predicted molar refractivity (Wildman–Crippen MR) is 106 cm³/mol. The van der Waals surface area contributed by atoms with Gasteiger partial charge in [0.25, 0.3) is 11.9 Å². The molecule has 3 rings (SSSR count). The Balaban J connectivity index is 1.44. The van der Waals surface area contributed by atoms with Gasteiger partial charge in [0.2, 0.25) is 6.29 Å². The lowest BCUT2D eigenvalue weighted by atomic mass is 10.2. The third-order valence-corrected chi connectivity index (χ3v) is 5.52. The Morgan fingerprint density at radius 3 is 2.63 bits per heavy atom. The van der Waals surface area contributed by atoms with Crippen LogP contribution in [0.15, 0.2) is 10.7 Å². The van der Waals surface area contributed by atoms with Crippen molar-refractivity contribution in [2.75, 3.05) is 31.1 Å². The van der Waals surface area contributed by atoms with Crippen molar-refractivity contribution < 1.29 is 33.1 Å². The molecule has 2 fully saturated rings. The van der Waals surface area contributed by atoms with Crippen molar-refractivity contribution in [1.29, 1.82) is 0 Å². The summed E-state index contributed by atoms with van der Waals surface area (Å²) in [4.78, 5) is 54.0. The number of carbonyl (C=O) groups excluding carboxylic acids is 4. The summed E-state index contributed by atoms with van der Waals surface area (Å²) < 4.78 is 15.2. The molecule has 30 heavy (non-hydrogen) atoms. The molecular formula is C18H24N4O7S. The number of hydrogen-bond donors (Lipinski definition) is 1. The van der Waals surface area contributed by atoms with E-state index >= 15 is 0 Å². The molecule has 0 saturated carbocycles. The van der Waals surface area contributed by atoms with Gasteiger partial charge in [-0.2, -0.15) is 4.98 Å². The highest BCUT2D eigenvalue weighted by Gasteiger charge is 2.33. The molecule has 2 amide bonds. The van der Waals surface area contributed by atoms with Gasteiger partial charge in [-0.25, -0.2) is 4.79 Å². The number of ether oxygens (including phenoxy) is 2. The molecule has 2 aliphatic heterocycles. The van der Waals surface area contributed by atoms with Crippen LogP contribution < -0.4 is 10.2 Å². The quantitative estimate of drug-likeness (QED) is 0.504. The first-order valence-corrected chi connectivity index (χ1v) is 10.4. The van der Waals surface area contributed by atoms with Gasteiger partial charge in [0, 0.05) is 58.2 Å². The highest BCUT2D eigenvalue weighted by Crippen LogP contribution is 2.27. The molecule has 0 radical (unpaired) electrons. The summed E-state index contributed by atoms with van der Waals surface area (Å²) in [5.74, 6) is -0.936. The second-order valence-corrected chi connectivity index (χ2v) is 8.59. The summed E-state index contributed by atoms with van der Waals surface area (Å²) in [7, 11) is 0. The monoisotopic (exact) mass is 440 g/mol. The second kappa shape index (κ2) is 9.37. The third kappa shape index (κ3) is 5.65. The summed E-state index contributed by atoms with van der Waals surface area (Å²) in [5, 5.41) is 3.10. The number of nitrogens with one attached hydrogen (secondary N) is 1. The molecule has 2 saturated heterocycles. The Labute approximate surface area is 177 Å². The molecule has 164 valence electrons. The van der Waals surface area contributed by atoms with Gasteiger partial charge in [0.05, 0.1) is 0 Å². The van der Waals surface area contributed by atoms with E-state index in [0.717, 1.165) is 0 Å². The molecule has 1 aromatic rings. The Morgan fingerprint density at radius 1 is 1.23 bits per heavy atom. The van der Waals surface area contributed by atoms with Crippen molar-refractivity contribution in [2.24, 2.45) is 0 Å². The standard InChI is InChI=1S/C18H24N4O7S/c1-10(23)28-12(3)29-18(26)21-5-4-13(6-21)19-16(25)15-9-27-17(20-15)22-7-14(8-22)30-11(2)24/h9,12-14H,4-8H2,1-3H3,(H,19,25)/t12?,13-/m1/s1. The summed E-state index contributed by atoms with van der Waals surface area (Å²) in [6, 6.07) is 0.0891. The van der Waals surface area contributed by atoms with Gasteiger partial charge in [-0.05, 0) is 6.42 Å². The zero-order valence-electron chi connectivity index (χ0n) is 17.0. The Hall–Kier alpha value is -2.76. The van der Waals surface area contributed by atoms with E-state index in [1.165, 1.54) is 43.7 Å². The lowest BCUT2D eigenvalue weighted by molar-refractivity contribution is -0.163. The number of thioether (sulfide) groups is 1. The Morgan fingerprint density at radius 2 is 1.97 bits per heavy atom. The Kier molecular flexibility index (Phi) is 6.85. The molecular weight excluding hydrogens is 416 g/mol. The number of hydrogen-bond acceptors (Lipinski definition) is 10. The molecule has 2 atom stereocenters. The predicted octanol–water partition coefficient (Wildman–Crippen LogP) is 0.993. The van der Waals surface area contributed by atoms with E-state index in [-0.39, 0.29) is 28.6 Å². The molecule has 11 nitrogen and oxygen atoms in total. The van der Waals surface area contributed by atoms with E-state index in [2.05, 4.69) is 10.3 Å². The van der Waals surface area contributed by atoms with Gasteiger partial charge in [-0.15, -0.1) is 0 Å². The van der Waals surface area contributed by atoms with E-state index in [0.29, 0.717) is 32.1 Å². The fraction of sp³-hybridized carbons (Fsp3) is 0.611. The van der Waals surface area contributed by atoms with Gasteiger partial charge in [0.1, 0.15) is 6.26 Å². The first kappa shape index (κ1) is 21.9. The minimum Gasteiger partial charge on any atom is -0.431 e. The molecule has 1 aromatic heterocycles. The van der Waals surface area contributed by atoms with Crippen molar-refractivity contribution in [2.45, 2.75) is 44.8 Å². The molecule has 3 heterocycles. The number of likely N-dealkylation sites (tertiary alicyclic amines) is 1. The summed E-state index contributed by atoms with van der Waals surface area (Å²) in [6.07, 6.45) is 0.258. The number of oxazole rings is 1. The number of aromatic nitrogens is 1. The van der Waals surface area contributed by atoms with E-state index in [4.69, 9.17) is 13.9 Å². The molecule has 0 aromatic carbocycles. The zero-order chi connectivity index (χ0) is 21.8. The fourth-order valence-corrected chi connectivity index (χ4v) is 4.17. The molecule has 0 bridgehead atoms. The lowest BCUT2D eigenvalue weighted by Gasteiger charge is -2.36. The van der Waals surface area contributed by atoms with E-state index in [1.54, 1.807) is 0 Å². The average Bonchev–Trinajstić information content (AvgIpc) is 3.26. The zero-order valence-corrected chi connectivity index (χ0v) is 17.8. The highest BCUT2D eigenvalue weighted by atomic mass is 32.2. The van der Waals surface area contributed by atoms with Crippen LogP contribution in [-0.2, 0) is 19.1 Å². The number of carbonyl (C=O) groups is 4. The summed E-state index contributed by atoms with van der Waals surface area (Å²) in [5.41, 5.74) is 0.150. The van der Waals surface area contributed by atoms with E-state index < -0.39 is 24.3 Å². The van der Waals surface area contributed by atoms with Crippen molar-refractivity contribution >= 4 is 40.9 Å². The average molecular weight is 440 g/mol. The van der Waals surface area contributed by atoms with Gasteiger partial charge < -0.3 is 29.0 Å². The van der Waals surface area contributed by atoms with E-state index in [9.17, 15) is 19.2 Å². The fourth-order valence-electron chi connectivity index (χ4n) is 3.19. The molecule has 0 spiro atoms. The molecule has 1 unspecified atom stereocenters. The van der Waals surface area contributed by atoms with Crippen LogP contribution in [0.3, 0.4) is 0 Å². The van der Waals surface area contributed by atoms with E-state index in [1.807, 2.05) is 4.90 Å². The molecule has 2 aliphatic rings. The second-order valence-electron chi connectivity index (χ2n) is 7.12. The number of anilines is 1. The van der Waals surface area contributed by atoms with Gasteiger partial charge in [-0.3, -0.25) is 14.4 Å². The Bertz CT molecular complexity index is 823. The lowest BCUT2D eigenvalue weighted by Crippen LogP contribution is -2.49. The van der Waals surface area contributed by atoms with Crippen molar-refractivity contribution in [3.8, 4) is 0 Å². The number of rotatable bonds is 6. The topological polar surface area (TPSA) is 131 Å². The molecule has 1 N–H and O–H groups in total. The number of esters is 1. The van der Waals surface area contributed by atoms with Crippen LogP contribution in [0, 0.1) is 0 Å². The first-order chi connectivity index (χ1) is 14.2. The smallest absolute Gasteiger partial charge is 0.412 e. The normalized spacial score (nSPS) is 19.8. The number of nitrogens with zero attached hydrogens (tertiary/aromatic N) is 3. The summed E-state index contributed by atoms with van der Waals surface area (Å²) >= 11 is 1.29. The van der Waals surface area contributed by atoms with Crippen LogP contribution in [0.25, 0.3) is 0 Å². The highest BCUT2D eigenvalue weighted by molar-refractivity contribution is 8.14. The van der Waals surface area contributed by atoms with Crippen LogP contribution in [0.1, 0.15) is 37.7 Å². The van der Waals surface area contributed by atoms with Crippen LogP contribution in [0.2, 0.25) is 0 Å². The van der Waals surface area contributed by atoms with Crippen LogP contribution in [0.5, 0.6) is 0 Å². The van der Waals surface area contributed by atoms with Crippen LogP contribution in [0.4, 0.5) is 10.8 Å². The number of amides is 2. The van der Waals surface area contributed by atoms with Crippen LogP contribution >= 0.6 is 11.8 Å². The van der Waals surface area contributed by atoms with Crippen molar-refractivity contribution in [3.63, 3.8) is 0 Å². The summed E-state index contributed by atoms with van der Waals surface area (Å²) in [6.45, 7) is 6.17. The third-order valence-electron chi connectivity index (χ3n) is 4.56. The van der Waals surface area contributed by atoms with Gasteiger partial charge in [0.15, 0.2) is 10.8 Å². The van der Waals surface area contributed by atoms with Crippen molar-refractivity contribution in [1.82, 2.24) is 15.2 Å². The van der Waals surface area contributed by atoms with Crippen LogP contribution in [-0.4, -0.2) is 76.7 Å². The first-order valence-electron chi connectivity index (χ1n) is 9.52.